The molecule has 200 valence electrons. The summed E-state index contributed by atoms with van der Waals surface area (Å²) in [6, 6.07) is 6.92. The molecule has 6 atom stereocenters. The zero-order chi connectivity index (χ0) is 27.0. The van der Waals surface area contributed by atoms with Gasteiger partial charge in [0.1, 0.15) is 24.0 Å². The first-order valence-corrected chi connectivity index (χ1v) is 12.6. The third kappa shape index (κ3) is 5.36. The maximum Gasteiger partial charge on any atom is 0.459 e. The number of aromatic hydroxyl groups is 1. The molecule has 1 aliphatic heterocycles. The highest BCUT2D eigenvalue weighted by Gasteiger charge is 2.56. The van der Waals surface area contributed by atoms with Crippen LogP contribution in [0.2, 0.25) is 0 Å². The van der Waals surface area contributed by atoms with Gasteiger partial charge in [-0.1, -0.05) is 18.2 Å². The van der Waals surface area contributed by atoms with Crippen LogP contribution in [0.5, 0.6) is 11.6 Å². The second-order valence-corrected chi connectivity index (χ2v) is 10.1. The number of esters is 1. The van der Waals surface area contributed by atoms with Crippen LogP contribution in [0.4, 0.5) is 10.3 Å². The monoisotopic (exact) mass is 540 g/mol. The van der Waals surface area contributed by atoms with E-state index in [0.717, 1.165) is 24.9 Å². The number of methoxy groups -OCH3 is 1. The minimum atomic E-state index is -4.27. The molecule has 2 aromatic heterocycles. The number of nitrogens with one attached hydrogen (secondary N) is 1. The van der Waals surface area contributed by atoms with Crippen molar-refractivity contribution in [3.8, 4) is 11.6 Å². The summed E-state index contributed by atoms with van der Waals surface area (Å²) in [5.74, 6) is -1.36. The van der Waals surface area contributed by atoms with Gasteiger partial charge in [0, 0.05) is 0 Å². The summed E-state index contributed by atoms with van der Waals surface area (Å²) in [6.45, 7) is 1.88. The number of alkyl halides is 1. The van der Waals surface area contributed by atoms with Gasteiger partial charge in [-0.3, -0.25) is 13.9 Å². The van der Waals surface area contributed by atoms with Gasteiger partial charge in [-0.2, -0.15) is 15.1 Å². The Morgan fingerprint density at radius 1 is 1.38 bits per heavy atom. The summed E-state index contributed by atoms with van der Waals surface area (Å²) in [5, 5.41) is 23.1. The van der Waals surface area contributed by atoms with Gasteiger partial charge in [0.05, 0.1) is 20.0 Å². The topological polar surface area (TPSA) is 193 Å². The van der Waals surface area contributed by atoms with Crippen LogP contribution in [0, 0.1) is 0 Å². The number of carbonyl (C=O) groups excluding carboxylic acids is 1. The van der Waals surface area contributed by atoms with E-state index in [0.29, 0.717) is 0 Å². The Hall–Kier alpha value is -3.36. The number of nitrogen functional groups attached to an aromatic ring is 1. The number of hydrogen-bond acceptors (Lipinski definition) is 12. The number of fused-ring (bicyclic) bond motifs is 1. The predicted molar refractivity (Wildman–Crippen MR) is 126 cm³/mol. The minimum absolute atomic E-state index is 0.0284. The Morgan fingerprint density at radius 2 is 2.08 bits per heavy atom. The molecule has 0 saturated carbocycles. The molecule has 0 amide bonds. The molecule has 4 rings (SSSR count). The van der Waals surface area contributed by atoms with Gasteiger partial charge in [0.2, 0.25) is 11.8 Å². The van der Waals surface area contributed by atoms with Gasteiger partial charge in [-0.05, 0) is 26.0 Å². The number of hydrogen-bond donors (Lipinski definition) is 4. The van der Waals surface area contributed by atoms with Crippen LogP contribution in [-0.2, 0) is 23.4 Å². The van der Waals surface area contributed by atoms with E-state index in [9.17, 15) is 19.6 Å². The number of nitrogens with zero attached hydrogens (tertiary/aromatic N) is 4. The van der Waals surface area contributed by atoms with Crippen LogP contribution in [-0.4, -0.2) is 73.3 Å². The van der Waals surface area contributed by atoms with Crippen molar-refractivity contribution in [1.82, 2.24) is 24.6 Å². The molecule has 2 unspecified atom stereocenters. The van der Waals surface area contributed by atoms with Crippen LogP contribution in [0.3, 0.4) is 0 Å². The molecule has 1 aliphatic rings. The molecule has 0 bridgehead atoms. The Morgan fingerprint density at radius 3 is 2.76 bits per heavy atom. The van der Waals surface area contributed by atoms with Crippen molar-refractivity contribution in [2.24, 2.45) is 0 Å². The van der Waals surface area contributed by atoms with Crippen molar-refractivity contribution >= 4 is 30.8 Å². The molecule has 3 aromatic rings. The third-order valence-electron chi connectivity index (χ3n) is 5.67. The highest BCUT2D eigenvalue weighted by Crippen LogP contribution is 2.48. The van der Waals surface area contributed by atoms with Crippen LogP contribution in [0.15, 0.2) is 36.7 Å². The standard InChI is InChI=1S/C21H26FN6O8P/c1-11(18(31)33-3)27-37(32,36-12-7-5-4-6-8-12)34-9-13-15(29)21(2,22)19(35-13)28-10-24-14-16(28)25-20(23)26-17(14)30/h4-8,10-11,13,15,19,29H,9H2,1-3H3,(H,27,32)(H3,23,25,26,30)/t11?,13-,15-,19-,21-,37?/m1/s1. The second-order valence-electron chi connectivity index (χ2n) is 8.42. The number of rotatable bonds is 9. The van der Waals surface area contributed by atoms with Gasteiger partial charge in [-0.15, -0.1) is 0 Å². The summed E-state index contributed by atoms with van der Waals surface area (Å²) in [5.41, 5.74) is 3.10. The number of carbonyl (C=O) groups is 1. The number of aliphatic hydroxyl groups excluding tert-OH is 1. The van der Waals surface area contributed by atoms with Crippen LogP contribution < -0.4 is 15.3 Å². The lowest BCUT2D eigenvalue weighted by Gasteiger charge is -2.25. The number of nitrogens with two attached hydrogens (primary N) is 1. The normalized spacial score (nSPS) is 26.0. The van der Waals surface area contributed by atoms with E-state index in [1.54, 1.807) is 18.2 Å². The highest BCUT2D eigenvalue weighted by atomic mass is 31.2. The number of anilines is 1. The van der Waals surface area contributed by atoms with Crippen LogP contribution in [0.1, 0.15) is 20.1 Å². The first kappa shape index (κ1) is 26.7. The van der Waals surface area contributed by atoms with E-state index in [-0.39, 0.29) is 22.9 Å². The lowest BCUT2D eigenvalue weighted by molar-refractivity contribution is -0.142. The summed E-state index contributed by atoms with van der Waals surface area (Å²) < 4.78 is 51.8. The highest BCUT2D eigenvalue weighted by molar-refractivity contribution is 7.52. The molecule has 16 heteroatoms. The van der Waals surface area contributed by atoms with E-state index >= 15 is 4.39 Å². The van der Waals surface area contributed by atoms with Crippen molar-refractivity contribution < 1.29 is 42.5 Å². The number of para-hydroxylation sites is 1. The number of ether oxygens (including phenoxy) is 2. The molecular weight excluding hydrogens is 514 g/mol. The van der Waals surface area contributed by atoms with Gasteiger partial charge in [0.15, 0.2) is 23.1 Å². The van der Waals surface area contributed by atoms with E-state index in [2.05, 4.69) is 24.8 Å². The average Bonchev–Trinajstić information content (AvgIpc) is 3.36. The minimum Gasteiger partial charge on any atom is -0.492 e. The summed E-state index contributed by atoms with van der Waals surface area (Å²) in [7, 11) is -3.11. The van der Waals surface area contributed by atoms with E-state index in [4.69, 9.17) is 19.5 Å². The molecule has 37 heavy (non-hydrogen) atoms. The SMILES string of the molecule is COC(=O)C(C)NP(=O)(OC[C@H]1O[C@@H](n2cnc3c(O)nc(N)nc32)[C@](C)(F)[C@@H]1O)Oc1ccccc1. The maximum atomic E-state index is 15.7. The summed E-state index contributed by atoms with van der Waals surface area (Å²) in [6.07, 6.45) is -3.43. The molecule has 5 N–H and O–H groups in total. The van der Waals surface area contributed by atoms with Crippen molar-refractivity contribution in [1.29, 1.82) is 0 Å². The maximum absolute atomic E-state index is 15.7. The molecule has 0 spiro atoms. The first-order valence-electron chi connectivity index (χ1n) is 11.0. The Kier molecular flexibility index (Phi) is 7.35. The average molecular weight is 540 g/mol. The third-order valence-corrected chi connectivity index (χ3v) is 7.32. The number of aromatic nitrogens is 4. The van der Waals surface area contributed by atoms with Crippen molar-refractivity contribution in [3.63, 3.8) is 0 Å². The lowest BCUT2D eigenvalue weighted by Crippen LogP contribution is -2.41. The number of aliphatic hydroxyl groups is 1. The van der Waals surface area contributed by atoms with Gasteiger partial charge >= 0.3 is 13.7 Å². The molecule has 0 radical (unpaired) electrons. The molecule has 3 heterocycles. The number of benzene rings is 1. The summed E-state index contributed by atoms with van der Waals surface area (Å²) in [4.78, 5) is 23.4. The van der Waals surface area contributed by atoms with Crippen molar-refractivity contribution in [2.45, 2.75) is 44.0 Å². The van der Waals surface area contributed by atoms with Gasteiger partial charge in [0.25, 0.3) is 0 Å². The summed E-state index contributed by atoms with van der Waals surface area (Å²) >= 11 is 0. The van der Waals surface area contributed by atoms with E-state index in [1.807, 2.05) is 0 Å². The van der Waals surface area contributed by atoms with Gasteiger partial charge in [-0.25, -0.2) is 13.9 Å². The molecule has 1 saturated heterocycles. The molecule has 14 nitrogen and oxygen atoms in total. The van der Waals surface area contributed by atoms with Gasteiger partial charge < -0.3 is 29.9 Å². The van der Waals surface area contributed by atoms with E-state index in [1.165, 1.54) is 19.1 Å². The Labute approximate surface area is 210 Å². The van der Waals surface area contributed by atoms with E-state index < -0.39 is 56.3 Å². The molecule has 0 aliphatic carbocycles. The molecule has 1 aromatic carbocycles. The first-order chi connectivity index (χ1) is 17.4. The molecular formula is C21H26FN6O8P. The fourth-order valence-electron chi connectivity index (χ4n) is 3.79. The fourth-order valence-corrected chi connectivity index (χ4v) is 5.29. The predicted octanol–water partition coefficient (Wildman–Crippen LogP) is 1.46. The fraction of sp³-hybridized carbons (Fsp3) is 0.429. The zero-order valence-corrected chi connectivity index (χ0v) is 20.9. The quantitative estimate of drug-likeness (QED) is 0.225. The van der Waals surface area contributed by atoms with Crippen molar-refractivity contribution in [3.05, 3.63) is 36.7 Å². The van der Waals surface area contributed by atoms with Crippen LogP contribution >= 0.6 is 7.75 Å². The zero-order valence-electron chi connectivity index (χ0n) is 20.0. The number of halogens is 1. The Balaban J connectivity index is 1.56. The second kappa shape index (κ2) is 10.2. The smallest absolute Gasteiger partial charge is 0.459 e. The van der Waals surface area contributed by atoms with Crippen molar-refractivity contribution in [2.75, 3.05) is 19.5 Å². The van der Waals surface area contributed by atoms with Crippen LogP contribution in [0.25, 0.3) is 11.2 Å². The largest absolute Gasteiger partial charge is 0.492 e. The lowest BCUT2D eigenvalue weighted by atomic mass is 9.98. The number of imidazole rings is 1. The Bertz CT molecular complexity index is 1330. The molecule has 1 fully saturated rings.